The number of carbonyl (C=O) groups excluding carboxylic acids is 2. The zero-order chi connectivity index (χ0) is 21.9. The molecule has 0 saturated heterocycles. The summed E-state index contributed by atoms with van der Waals surface area (Å²) >= 11 is 1.25. The van der Waals surface area contributed by atoms with Gasteiger partial charge in [0, 0.05) is 11.3 Å². The SMILES string of the molecule is CC(C)(C)c1ccc(C(=O)Nc2sccc2C(=O)Nc2ccc(C(=O)O)cc2)cc1. The van der Waals surface area contributed by atoms with Crippen molar-refractivity contribution in [2.75, 3.05) is 10.6 Å². The van der Waals surface area contributed by atoms with Crippen LogP contribution in [-0.4, -0.2) is 22.9 Å². The predicted octanol–water partition coefficient (Wildman–Crippen LogP) is 5.25. The van der Waals surface area contributed by atoms with E-state index >= 15 is 0 Å². The van der Waals surface area contributed by atoms with E-state index in [1.165, 1.54) is 35.6 Å². The molecule has 1 aromatic heterocycles. The Balaban J connectivity index is 1.70. The van der Waals surface area contributed by atoms with Crippen molar-refractivity contribution < 1.29 is 19.5 Å². The summed E-state index contributed by atoms with van der Waals surface area (Å²) in [6, 6.07) is 14.9. The summed E-state index contributed by atoms with van der Waals surface area (Å²) in [6.07, 6.45) is 0. The van der Waals surface area contributed by atoms with E-state index < -0.39 is 11.9 Å². The van der Waals surface area contributed by atoms with E-state index in [1.807, 2.05) is 12.1 Å². The number of carbonyl (C=O) groups is 3. The van der Waals surface area contributed by atoms with Crippen LogP contribution in [0.1, 0.15) is 57.4 Å². The van der Waals surface area contributed by atoms with Crippen LogP contribution in [0.2, 0.25) is 0 Å². The maximum absolute atomic E-state index is 12.6. The molecule has 0 fully saturated rings. The lowest BCUT2D eigenvalue weighted by Gasteiger charge is -2.19. The van der Waals surface area contributed by atoms with Crippen LogP contribution < -0.4 is 10.6 Å². The second-order valence-electron chi connectivity index (χ2n) is 7.78. The topological polar surface area (TPSA) is 95.5 Å². The van der Waals surface area contributed by atoms with Crippen molar-refractivity contribution in [3.8, 4) is 0 Å². The average molecular weight is 423 g/mol. The van der Waals surface area contributed by atoms with Crippen molar-refractivity contribution >= 4 is 39.8 Å². The number of hydrogen-bond acceptors (Lipinski definition) is 4. The summed E-state index contributed by atoms with van der Waals surface area (Å²) in [6.45, 7) is 6.31. The van der Waals surface area contributed by atoms with Gasteiger partial charge >= 0.3 is 5.97 Å². The lowest BCUT2D eigenvalue weighted by atomic mass is 9.87. The molecular formula is C23H22N2O4S. The summed E-state index contributed by atoms with van der Waals surface area (Å²) in [4.78, 5) is 36.2. The van der Waals surface area contributed by atoms with Crippen LogP contribution in [-0.2, 0) is 5.41 Å². The molecular weight excluding hydrogens is 400 g/mol. The molecule has 3 rings (SSSR count). The van der Waals surface area contributed by atoms with Crippen molar-refractivity contribution in [1.82, 2.24) is 0 Å². The highest BCUT2D eigenvalue weighted by molar-refractivity contribution is 7.14. The highest BCUT2D eigenvalue weighted by atomic mass is 32.1. The van der Waals surface area contributed by atoms with Gasteiger partial charge < -0.3 is 15.7 Å². The number of anilines is 2. The van der Waals surface area contributed by atoms with E-state index in [0.717, 1.165) is 5.56 Å². The summed E-state index contributed by atoms with van der Waals surface area (Å²) in [5.74, 6) is -1.72. The first-order valence-electron chi connectivity index (χ1n) is 9.29. The number of carboxylic acid groups (broad SMARTS) is 1. The zero-order valence-electron chi connectivity index (χ0n) is 16.9. The van der Waals surface area contributed by atoms with Gasteiger partial charge in [0.25, 0.3) is 11.8 Å². The van der Waals surface area contributed by atoms with Crippen molar-refractivity contribution in [3.63, 3.8) is 0 Å². The van der Waals surface area contributed by atoms with E-state index in [4.69, 9.17) is 5.11 Å². The number of carboxylic acids is 1. The third kappa shape index (κ3) is 4.93. The second kappa shape index (κ2) is 8.51. The van der Waals surface area contributed by atoms with Crippen LogP contribution in [0, 0.1) is 0 Å². The molecule has 30 heavy (non-hydrogen) atoms. The Labute approximate surface area is 178 Å². The van der Waals surface area contributed by atoms with Gasteiger partial charge in [-0.25, -0.2) is 4.79 Å². The van der Waals surface area contributed by atoms with E-state index in [2.05, 4.69) is 31.4 Å². The van der Waals surface area contributed by atoms with Crippen molar-refractivity contribution in [1.29, 1.82) is 0 Å². The standard InChI is InChI=1S/C23H22N2O4S/c1-23(2,3)16-8-4-14(5-9-16)19(26)25-21-18(12-13-30-21)20(27)24-17-10-6-15(7-11-17)22(28)29/h4-13H,1-3H3,(H,24,27)(H,25,26)(H,28,29). The Bertz CT molecular complexity index is 1080. The Hall–Kier alpha value is -3.45. The molecule has 3 aromatic rings. The first-order valence-corrected chi connectivity index (χ1v) is 10.2. The summed E-state index contributed by atoms with van der Waals surface area (Å²) in [5, 5.41) is 16.6. The summed E-state index contributed by atoms with van der Waals surface area (Å²) < 4.78 is 0. The van der Waals surface area contributed by atoms with Crippen LogP contribution in [0.3, 0.4) is 0 Å². The molecule has 0 spiro atoms. The Morgan fingerprint density at radius 2 is 1.40 bits per heavy atom. The first kappa shape index (κ1) is 21.3. The monoisotopic (exact) mass is 422 g/mol. The molecule has 0 aliphatic carbocycles. The molecule has 0 atom stereocenters. The third-order valence-electron chi connectivity index (χ3n) is 4.54. The first-order chi connectivity index (χ1) is 14.1. The highest BCUT2D eigenvalue weighted by Gasteiger charge is 2.18. The van der Waals surface area contributed by atoms with Crippen LogP contribution in [0.5, 0.6) is 0 Å². The lowest BCUT2D eigenvalue weighted by molar-refractivity contribution is 0.0696. The normalized spacial score (nSPS) is 11.0. The molecule has 6 nitrogen and oxygen atoms in total. The van der Waals surface area contributed by atoms with Gasteiger partial charge in [-0.05, 0) is 58.8 Å². The minimum absolute atomic E-state index is 0.00329. The quantitative estimate of drug-likeness (QED) is 0.523. The average Bonchev–Trinajstić information content (AvgIpc) is 3.16. The third-order valence-corrected chi connectivity index (χ3v) is 5.37. The molecule has 0 unspecified atom stereocenters. The predicted molar refractivity (Wildman–Crippen MR) is 119 cm³/mol. The molecule has 154 valence electrons. The van der Waals surface area contributed by atoms with Crippen LogP contribution in [0.25, 0.3) is 0 Å². The molecule has 2 aromatic carbocycles. The maximum Gasteiger partial charge on any atom is 0.335 e. The Kier molecular flexibility index (Phi) is 6.03. The highest BCUT2D eigenvalue weighted by Crippen LogP contribution is 2.26. The lowest BCUT2D eigenvalue weighted by Crippen LogP contribution is -2.17. The zero-order valence-corrected chi connectivity index (χ0v) is 17.7. The minimum atomic E-state index is -1.04. The summed E-state index contributed by atoms with van der Waals surface area (Å²) in [7, 11) is 0. The van der Waals surface area contributed by atoms with E-state index in [9.17, 15) is 14.4 Å². The van der Waals surface area contributed by atoms with Crippen molar-refractivity contribution in [2.45, 2.75) is 26.2 Å². The van der Waals surface area contributed by atoms with Crippen molar-refractivity contribution in [2.24, 2.45) is 0 Å². The minimum Gasteiger partial charge on any atom is -0.478 e. The van der Waals surface area contributed by atoms with Gasteiger partial charge in [-0.3, -0.25) is 9.59 Å². The molecule has 0 bridgehead atoms. The van der Waals surface area contributed by atoms with E-state index in [-0.39, 0.29) is 16.9 Å². The van der Waals surface area contributed by atoms with Gasteiger partial charge in [0.1, 0.15) is 5.00 Å². The van der Waals surface area contributed by atoms with Crippen LogP contribution in [0.4, 0.5) is 10.7 Å². The smallest absolute Gasteiger partial charge is 0.335 e. The largest absolute Gasteiger partial charge is 0.478 e. The van der Waals surface area contributed by atoms with E-state index in [0.29, 0.717) is 21.8 Å². The molecule has 1 heterocycles. The molecule has 7 heteroatoms. The number of benzene rings is 2. The molecule has 2 amide bonds. The fourth-order valence-electron chi connectivity index (χ4n) is 2.78. The summed E-state index contributed by atoms with van der Waals surface area (Å²) in [5.41, 5.74) is 2.56. The van der Waals surface area contributed by atoms with Gasteiger partial charge in [-0.2, -0.15) is 0 Å². The number of nitrogens with one attached hydrogen (secondary N) is 2. The number of aromatic carboxylic acids is 1. The second-order valence-corrected chi connectivity index (χ2v) is 8.70. The number of amides is 2. The van der Waals surface area contributed by atoms with Gasteiger partial charge in [0.15, 0.2) is 0 Å². The van der Waals surface area contributed by atoms with E-state index in [1.54, 1.807) is 23.6 Å². The van der Waals surface area contributed by atoms with Gasteiger partial charge in [0.05, 0.1) is 11.1 Å². The molecule has 0 aliphatic rings. The number of thiophene rings is 1. The number of hydrogen-bond donors (Lipinski definition) is 3. The van der Waals surface area contributed by atoms with Gasteiger partial charge in [-0.15, -0.1) is 11.3 Å². The van der Waals surface area contributed by atoms with Crippen molar-refractivity contribution in [3.05, 3.63) is 82.2 Å². The molecule has 0 saturated carbocycles. The Morgan fingerprint density at radius 1 is 0.800 bits per heavy atom. The molecule has 0 radical (unpaired) electrons. The van der Waals surface area contributed by atoms with Crippen LogP contribution >= 0.6 is 11.3 Å². The molecule has 3 N–H and O–H groups in total. The Morgan fingerprint density at radius 3 is 1.97 bits per heavy atom. The molecule has 0 aliphatic heterocycles. The number of rotatable bonds is 5. The van der Waals surface area contributed by atoms with Crippen LogP contribution in [0.15, 0.2) is 60.0 Å². The van der Waals surface area contributed by atoms with Gasteiger partial charge in [-0.1, -0.05) is 32.9 Å². The fourth-order valence-corrected chi connectivity index (χ4v) is 3.56. The fraction of sp³-hybridized carbons (Fsp3) is 0.174. The van der Waals surface area contributed by atoms with Gasteiger partial charge in [0.2, 0.25) is 0 Å². The maximum atomic E-state index is 12.6.